The van der Waals surface area contributed by atoms with Crippen LogP contribution in [-0.2, 0) is 0 Å². The van der Waals surface area contributed by atoms with E-state index in [1.54, 1.807) is 7.11 Å². The number of hydrogen-bond acceptors (Lipinski definition) is 7. The number of benzene rings is 1. The van der Waals surface area contributed by atoms with Gasteiger partial charge in [0.1, 0.15) is 22.7 Å². The molecule has 27 heavy (non-hydrogen) atoms. The number of hydrogen-bond donors (Lipinski definition) is 2. The smallest absolute Gasteiger partial charge is 0.160 e. The van der Waals surface area contributed by atoms with Gasteiger partial charge in [0.15, 0.2) is 6.29 Å². The molecule has 0 saturated heterocycles. The van der Waals surface area contributed by atoms with Crippen molar-refractivity contribution in [2.75, 3.05) is 17.7 Å². The van der Waals surface area contributed by atoms with E-state index in [1.165, 1.54) is 30.5 Å². The summed E-state index contributed by atoms with van der Waals surface area (Å²) < 4.78 is 5.03. The summed E-state index contributed by atoms with van der Waals surface area (Å²) in [6.07, 6.45) is 8.64. The molecule has 1 aliphatic carbocycles. The lowest BCUT2D eigenvalue weighted by molar-refractivity contribution is 0.112. The van der Waals surface area contributed by atoms with Gasteiger partial charge in [0.05, 0.1) is 17.4 Å². The first-order valence-electron chi connectivity index (χ1n) is 8.71. The summed E-state index contributed by atoms with van der Waals surface area (Å²) in [7, 11) is 1.66. The van der Waals surface area contributed by atoms with E-state index in [0.29, 0.717) is 10.9 Å². The number of nitrogens with zero attached hydrogens (tertiary/aromatic N) is 2. The highest BCUT2D eigenvalue weighted by Gasteiger charge is 2.22. The van der Waals surface area contributed by atoms with E-state index in [9.17, 15) is 4.79 Å². The number of fused-ring (bicyclic) bond motifs is 1. The van der Waals surface area contributed by atoms with Crippen molar-refractivity contribution in [3.8, 4) is 5.75 Å². The van der Waals surface area contributed by atoms with Gasteiger partial charge in [-0.2, -0.15) is 0 Å². The predicted octanol–water partition coefficient (Wildman–Crippen LogP) is 4.72. The van der Waals surface area contributed by atoms with Crippen molar-refractivity contribution in [1.29, 1.82) is 0 Å². The second-order valence-electron chi connectivity index (χ2n) is 6.00. The van der Waals surface area contributed by atoms with Gasteiger partial charge in [-0.05, 0) is 56.3 Å². The standard InChI is InChI=1S/C10H9N3OS.C10H13NO/c14-4-7-3-8-9(13-6-1-2-6)11-5-12-10(8)15-7;1-3-8-11-9-4-6-10(12-2)7-5-9/h3-6H,1-2H2,(H,11,12,13);3-8,11H,1-2H3/b;8-3-. The Labute approximate surface area is 162 Å². The van der Waals surface area contributed by atoms with Crippen LogP contribution in [0, 0.1) is 0 Å². The van der Waals surface area contributed by atoms with E-state index in [4.69, 9.17) is 4.74 Å². The van der Waals surface area contributed by atoms with E-state index in [1.807, 2.05) is 49.5 Å². The van der Waals surface area contributed by atoms with Gasteiger partial charge in [-0.25, -0.2) is 9.97 Å². The number of ether oxygens (including phenoxy) is 1. The number of carbonyl (C=O) groups excluding carboxylic acids is 1. The molecule has 4 rings (SSSR count). The molecule has 1 fully saturated rings. The van der Waals surface area contributed by atoms with Crippen molar-refractivity contribution in [3.05, 3.63) is 53.8 Å². The minimum Gasteiger partial charge on any atom is -0.497 e. The van der Waals surface area contributed by atoms with Crippen LogP contribution in [0.2, 0.25) is 0 Å². The Morgan fingerprint density at radius 1 is 1.22 bits per heavy atom. The maximum atomic E-state index is 10.7. The molecule has 2 N–H and O–H groups in total. The van der Waals surface area contributed by atoms with Gasteiger partial charge in [-0.15, -0.1) is 11.3 Å². The van der Waals surface area contributed by atoms with E-state index in [2.05, 4.69) is 20.6 Å². The SMILES string of the molecule is C/C=C\Nc1ccc(OC)cc1.O=Cc1cc2c(NC3CC3)ncnc2s1. The summed E-state index contributed by atoms with van der Waals surface area (Å²) in [4.78, 5) is 20.6. The van der Waals surface area contributed by atoms with Crippen molar-refractivity contribution in [3.63, 3.8) is 0 Å². The summed E-state index contributed by atoms with van der Waals surface area (Å²) in [6.45, 7) is 1.97. The highest BCUT2D eigenvalue weighted by atomic mass is 32.1. The first-order chi connectivity index (χ1) is 13.2. The zero-order chi connectivity index (χ0) is 19.1. The molecule has 0 spiro atoms. The summed E-state index contributed by atoms with van der Waals surface area (Å²) in [5, 5.41) is 7.40. The first kappa shape index (κ1) is 18.8. The highest BCUT2D eigenvalue weighted by Crippen LogP contribution is 2.30. The molecule has 2 aromatic heterocycles. The Morgan fingerprint density at radius 2 is 2.00 bits per heavy atom. The Morgan fingerprint density at radius 3 is 2.63 bits per heavy atom. The molecule has 0 bridgehead atoms. The third kappa shape index (κ3) is 5.27. The lowest BCUT2D eigenvalue weighted by Crippen LogP contribution is -2.03. The van der Waals surface area contributed by atoms with Crippen molar-refractivity contribution >= 4 is 39.3 Å². The topological polar surface area (TPSA) is 76.1 Å². The van der Waals surface area contributed by atoms with Crippen LogP contribution in [0.4, 0.5) is 11.5 Å². The Bertz CT molecular complexity index is 917. The van der Waals surface area contributed by atoms with E-state index >= 15 is 0 Å². The van der Waals surface area contributed by atoms with Gasteiger partial charge in [-0.3, -0.25) is 4.79 Å². The Kier molecular flexibility index (Phi) is 6.38. The number of thiophene rings is 1. The van der Waals surface area contributed by atoms with Crippen molar-refractivity contribution in [1.82, 2.24) is 9.97 Å². The molecule has 6 nitrogen and oxygen atoms in total. The fourth-order valence-electron chi connectivity index (χ4n) is 2.34. The molecule has 0 aliphatic heterocycles. The number of rotatable bonds is 6. The van der Waals surface area contributed by atoms with Gasteiger partial charge in [-0.1, -0.05) is 6.08 Å². The second kappa shape index (κ2) is 9.14. The van der Waals surface area contributed by atoms with Crippen LogP contribution in [0.15, 0.2) is 48.9 Å². The fraction of sp³-hybridized carbons (Fsp3) is 0.250. The van der Waals surface area contributed by atoms with Crippen LogP contribution >= 0.6 is 11.3 Å². The molecule has 0 unspecified atom stereocenters. The molecule has 140 valence electrons. The normalized spacial score (nSPS) is 13.1. The third-order valence-corrected chi connectivity index (χ3v) is 4.86. The molecule has 1 saturated carbocycles. The van der Waals surface area contributed by atoms with Crippen molar-refractivity contribution in [2.24, 2.45) is 0 Å². The van der Waals surface area contributed by atoms with Crippen molar-refractivity contribution in [2.45, 2.75) is 25.8 Å². The maximum Gasteiger partial charge on any atom is 0.160 e. The summed E-state index contributed by atoms with van der Waals surface area (Å²) in [5.41, 5.74) is 1.06. The third-order valence-electron chi connectivity index (χ3n) is 3.89. The van der Waals surface area contributed by atoms with E-state index in [0.717, 1.165) is 33.8 Å². The number of nitrogens with one attached hydrogen (secondary N) is 2. The van der Waals surface area contributed by atoms with Crippen LogP contribution < -0.4 is 15.4 Å². The van der Waals surface area contributed by atoms with Gasteiger partial charge in [0.2, 0.25) is 0 Å². The Hall–Kier alpha value is -2.93. The zero-order valence-electron chi connectivity index (χ0n) is 15.3. The van der Waals surface area contributed by atoms with Crippen LogP contribution in [-0.4, -0.2) is 29.4 Å². The number of anilines is 2. The second-order valence-corrected chi connectivity index (χ2v) is 7.06. The monoisotopic (exact) mass is 382 g/mol. The van der Waals surface area contributed by atoms with Gasteiger partial charge in [0, 0.05) is 11.7 Å². The number of allylic oxidation sites excluding steroid dienone is 1. The quantitative estimate of drug-likeness (QED) is 0.601. The van der Waals surface area contributed by atoms with Crippen LogP contribution in [0.5, 0.6) is 5.75 Å². The highest BCUT2D eigenvalue weighted by molar-refractivity contribution is 7.20. The summed E-state index contributed by atoms with van der Waals surface area (Å²) in [6, 6.07) is 10.2. The first-order valence-corrected chi connectivity index (χ1v) is 9.53. The predicted molar refractivity (Wildman–Crippen MR) is 111 cm³/mol. The Balaban J connectivity index is 0.000000161. The number of carbonyl (C=O) groups is 1. The lowest BCUT2D eigenvalue weighted by Gasteiger charge is -2.02. The fourth-order valence-corrected chi connectivity index (χ4v) is 3.15. The van der Waals surface area contributed by atoms with E-state index in [-0.39, 0.29) is 0 Å². The van der Waals surface area contributed by atoms with E-state index < -0.39 is 0 Å². The van der Waals surface area contributed by atoms with Gasteiger partial charge >= 0.3 is 0 Å². The molecule has 3 aromatic rings. The molecule has 1 aromatic carbocycles. The minimum absolute atomic E-state index is 0.558. The van der Waals surface area contributed by atoms with Crippen LogP contribution in [0.1, 0.15) is 29.4 Å². The van der Waals surface area contributed by atoms with Crippen LogP contribution in [0.3, 0.4) is 0 Å². The average Bonchev–Trinajstić information content (AvgIpc) is 3.42. The van der Waals surface area contributed by atoms with Crippen LogP contribution in [0.25, 0.3) is 10.2 Å². The van der Waals surface area contributed by atoms with Crippen molar-refractivity contribution < 1.29 is 9.53 Å². The molecule has 0 radical (unpaired) electrons. The van der Waals surface area contributed by atoms with Gasteiger partial charge < -0.3 is 15.4 Å². The number of aromatic nitrogens is 2. The molecular formula is C20H22N4O2S. The number of methoxy groups -OCH3 is 1. The zero-order valence-corrected chi connectivity index (χ0v) is 16.1. The maximum absolute atomic E-state index is 10.7. The lowest BCUT2D eigenvalue weighted by atomic mass is 10.3. The van der Waals surface area contributed by atoms with Gasteiger partial charge in [0.25, 0.3) is 0 Å². The molecular weight excluding hydrogens is 360 g/mol. The average molecular weight is 382 g/mol. The molecule has 0 amide bonds. The molecule has 1 aliphatic rings. The summed E-state index contributed by atoms with van der Waals surface area (Å²) >= 11 is 1.40. The molecule has 2 heterocycles. The summed E-state index contributed by atoms with van der Waals surface area (Å²) in [5.74, 6) is 1.73. The largest absolute Gasteiger partial charge is 0.497 e. The molecule has 0 atom stereocenters. The molecule has 7 heteroatoms. The minimum atomic E-state index is 0.558. The number of aldehydes is 1.